The van der Waals surface area contributed by atoms with Crippen molar-refractivity contribution < 1.29 is 78.4 Å². The zero-order chi connectivity index (χ0) is 23.2. The molecule has 8 N–H and O–H groups in total. The van der Waals surface area contributed by atoms with Crippen molar-refractivity contribution in [2.75, 3.05) is 12.3 Å². The molecule has 1 radical (unpaired) electrons. The van der Waals surface area contributed by atoms with Crippen molar-refractivity contribution in [2.24, 2.45) is 0 Å². The number of aliphatic hydroxyl groups is 2. The van der Waals surface area contributed by atoms with Gasteiger partial charge in [0.15, 0.2) is 17.7 Å². The third kappa shape index (κ3) is 6.39. The number of phosphoric ester groups is 1. The third-order valence-electron chi connectivity index (χ3n) is 3.82. The molecule has 18 nitrogen and oxygen atoms in total. The van der Waals surface area contributed by atoms with Gasteiger partial charge in [-0.25, -0.2) is 28.6 Å². The molecule has 3 rings (SSSR count). The van der Waals surface area contributed by atoms with Crippen molar-refractivity contribution >= 4 is 40.4 Å². The minimum Gasteiger partial charge on any atom is -0.387 e. The van der Waals surface area contributed by atoms with Crippen molar-refractivity contribution in [2.45, 2.75) is 24.5 Å². The SMILES string of the molecule is Nc1ncnc2c1ncn2C1O[C@H](COP(=O)(O)OP(=O)(O)OP(=O)(O)O)[C@@H](O)[C@H]1O.[Mn+2]. The van der Waals surface area contributed by atoms with Crippen LogP contribution >= 0.6 is 23.5 Å². The normalized spacial score (nSPS) is 27.6. The molecule has 179 valence electrons. The van der Waals surface area contributed by atoms with Gasteiger partial charge in [-0.1, -0.05) is 0 Å². The van der Waals surface area contributed by atoms with Gasteiger partial charge in [0.2, 0.25) is 0 Å². The maximum Gasteiger partial charge on any atom is 2.00 e. The number of fused-ring (bicyclic) bond motifs is 1. The Morgan fingerprint density at radius 3 is 2.31 bits per heavy atom. The average Bonchev–Trinajstić information content (AvgIpc) is 3.13. The van der Waals surface area contributed by atoms with Crippen LogP contribution in [0.4, 0.5) is 5.82 Å². The van der Waals surface area contributed by atoms with Crippen LogP contribution in [0.1, 0.15) is 6.23 Å². The van der Waals surface area contributed by atoms with Crippen LogP contribution < -0.4 is 5.73 Å². The van der Waals surface area contributed by atoms with E-state index in [0.717, 1.165) is 6.33 Å². The minimum absolute atomic E-state index is 0. The van der Waals surface area contributed by atoms with E-state index in [1.807, 2.05) is 0 Å². The molecular weight excluding hydrogens is 546 g/mol. The predicted octanol–water partition coefficient (Wildman–Crippen LogP) is -1.63. The number of aliphatic hydroxyl groups excluding tert-OH is 2. The summed E-state index contributed by atoms with van der Waals surface area (Å²) < 4.78 is 51.9. The molecule has 1 aliphatic rings. The van der Waals surface area contributed by atoms with Crippen LogP contribution in [-0.2, 0) is 48.6 Å². The van der Waals surface area contributed by atoms with E-state index in [1.54, 1.807) is 0 Å². The van der Waals surface area contributed by atoms with Gasteiger partial charge in [-0.05, 0) is 0 Å². The van der Waals surface area contributed by atoms with E-state index in [-0.39, 0.29) is 34.1 Å². The number of aromatic nitrogens is 4. The smallest absolute Gasteiger partial charge is 0.387 e. The molecule has 0 bridgehead atoms. The van der Waals surface area contributed by atoms with Crippen LogP contribution in [0.25, 0.3) is 11.2 Å². The van der Waals surface area contributed by atoms with E-state index >= 15 is 0 Å². The molecule has 22 heteroatoms. The van der Waals surface area contributed by atoms with Crippen LogP contribution in [0.3, 0.4) is 0 Å². The number of hydrogen-bond donors (Lipinski definition) is 7. The van der Waals surface area contributed by atoms with Gasteiger partial charge in [0.1, 0.15) is 30.2 Å². The number of nitrogens with zero attached hydrogens (tertiary/aromatic N) is 4. The summed E-state index contributed by atoms with van der Waals surface area (Å²) >= 11 is 0. The van der Waals surface area contributed by atoms with E-state index in [2.05, 4.69) is 28.1 Å². The molecule has 2 aromatic heterocycles. The van der Waals surface area contributed by atoms with Crippen molar-refractivity contribution in [1.82, 2.24) is 19.5 Å². The minimum atomic E-state index is -5.70. The molecule has 0 aromatic carbocycles. The summed E-state index contributed by atoms with van der Waals surface area (Å²) in [6, 6.07) is 0. The largest absolute Gasteiger partial charge is 2.00 e. The fourth-order valence-corrected chi connectivity index (χ4v) is 5.65. The maximum atomic E-state index is 11.8. The Balaban J connectivity index is 0.00000363. The van der Waals surface area contributed by atoms with Crippen LogP contribution in [0.15, 0.2) is 12.7 Å². The summed E-state index contributed by atoms with van der Waals surface area (Å²) in [5, 5.41) is 20.4. The van der Waals surface area contributed by atoms with Crippen molar-refractivity contribution in [3.63, 3.8) is 0 Å². The Labute approximate surface area is 188 Å². The Bertz CT molecular complexity index is 1110. The van der Waals surface area contributed by atoms with Gasteiger partial charge < -0.3 is 40.3 Å². The standard InChI is InChI=1S/C10H16N5O13P3.Mn/c11-8-5-9(13-2-12-8)15(3-14-5)10-7(17)6(16)4(26-10)1-25-30(21,22)28-31(23,24)27-29(18,19)20;/h2-4,6-7,10,16-17H,1H2,(H,21,22)(H,23,24)(H2,11,12,13)(H2,18,19,20);/q;+2/t4-,6-,7-,10?;/m1./s1. The molecule has 2 aromatic rings. The first-order valence-corrected chi connectivity index (χ1v) is 12.4. The predicted molar refractivity (Wildman–Crippen MR) is 95.5 cm³/mol. The van der Waals surface area contributed by atoms with Crippen molar-refractivity contribution in [3.8, 4) is 0 Å². The Morgan fingerprint density at radius 1 is 1.03 bits per heavy atom. The summed E-state index contributed by atoms with van der Waals surface area (Å²) in [6.07, 6.45) is -3.69. The fourth-order valence-electron chi connectivity index (χ4n) is 2.62. The van der Waals surface area contributed by atoms with E-state index in [0.29, 0.717) is 0 Å². The fraction of sp³-hybridized carbons (Fsp3) is 0.500. The van der Waals surface area contributed by atoms with Gasteiger partial charge in [0, 0.05) is 0 Å². The number of nitrogens with two attached hydrogens (primary N) is 1. The van der Waals surface area contributed by atoms with Gasteiger partial charge in [-0.15, -0.1) is 0 Å². The van der Waals surface area contributed by atoms with Crippen LogP contribution in [0.5, 0.6) is 0 Å². The molecule has 0 saturated carbocycles. The Morgan fingerprint density at radius 2 is 1.69 bits per heavy atom. The van der Waals surface area contributed by atoms with Crippen LogP contribution in [0, 0.1) is 0 Å². The van der Waals surface area contributed by atoms with Gasteiger partial charge in [-0.3, -0.25) is 9.09 Å². The van der Waals surface area contributed by atoms with Crippen molar-refractivity contribution in [3.05, 3.63) is 12.7 Å². The monoisotopic (exact) mass is 562 g/mol. The topological polar surface area (TPSA) is 279 Å². The Hall–Kier alpha value is -0.841. The van der Waals surface area contributed by atoms with Crippen molar-refractivity contribution in [1.29, 1.82) is 0 Å². The molecule has 3 heterocycles. The maximum absolute atomic E-state index is 11.8. The molecule has 1 saturated heterocycles. The number of imidazole rings is 1. The van der Waals surface area contributed by atoms with E-state index in [9.17, 15) is 28.8 Å². The van der Waals surface area contributed by atoms with Gasteiger partial charge in [0.25, 0.3) is 0 Å². The molecule has 3 unspecified atom stereocenters. The number of phosphoric acid groups is 3. The van der Waals surface area contributed by atoms with E-state index < -0.39 is 54.6 Å². The number of anilines is 1. The molecule has 1 aliphatic heterocycles. The first-order valence-electron chi connectivity index (χ1n) is 7.92. The summed E-state index contributed by atoms with van der Waals surface area (Å²) in [4.78, 5) is 47.2. The summed E-state index contributed by atoms with van der Waals surface area (Å²) in [5.41, 5.74) is 6.00. The zero-order valence-electron chi connectivity index (χ0n) is 15.3. The van der Waals surface area contributed by atoms with Crippen LogP contribution in [-0.4, -0.2) is 74.2 Å². The number of hydrogen-bond acceptors (Lipinski definition) is 13. The molecule has 0 aliphatic carbocycles. The zero-order valence-corrected chi connectivity index (χ0v) is 19.2. The first kappa shape index (κ1) is 27.4. The Kier molecular flexibility index (Phi) is 8.39. The van der Waals surface area contributed by atoms with Gasteiger partial charge >= 0.3 is 40.5 Å². The molecule has 6 atom stereocenters. The van der Waals surface area contributed by atoms with E-state index in [4.69, 9.17) is 25.2 Å². The molecular formula is C10H16MnN5O13P3+2. The second kappa shape index (κ2) is 9.80. The number of nitrogen functional groups attached to an aromatic ring is 1. The summed E-state index contributed by atoms with van der Waals surface area (Å²) in [6.45, 7) is -0.956. The first-order chi connectivity index (χ1) is 14.2. The molecule has 0 spiro atoms. The number of rotatable bonds is 8. The van der Waals surface area contributed by atoms with Crippen LogP contribution in [0.2, 0.25) is 0 Å². The van der Waals surface area contributed by atoms with Gasteiger partial charge in [-0.2, -0.15) is 8.62 Å². The quantitative estimate of drug-likeness (QED) is 0.140. The number of ether oxygens (including phenoxy) is 1. The summed E-state index contributed by atoms with van der Waals surface area (Å²) in [5.74, 6) is 0.0426. The third-order valence-corrected chi connectivity index (χ3v) is 7.62. The second-order valence-electron chi connectivity index (χ2n) is 6.02. The summed E-state index contributed by atoms with van der Waals surface area (Å²) in [7, 11) is -16.7. The second-order valence-corrected chi connectivity index (χ2v) is 10.4. The average molecular weight is 562 g/mol. The van der Waals surface area contributed by atoms with Gasteiger partial charge in [0.05, 0.1) is 12.9 Å². The molecule has 1 fully saturated rings. The molecule has 32 heavy (non-hydrogen) atoms. The molecule has 0 amide bonds. The van der Waals surface area contributed by atoms with E-state index in [1.165, 1.54) is 10.9 Å².